The van der Waals surface area contributed by atoms with Gasteiger partial charge in [-0.05, 0) is 38.5 Å². The Balaban J connectivity index is 2.04. The Hall–Kier alpha value is -1.46. The molecule has 2 rings (SSSR count). The summed E-state index contributed by atoms with van der Waals surface area (Å²) in [5, 5.41) is 5.34. The molecule has 1 heterocycles. The van der Waals surface area contributed by atoms with Crippen LogP contribution in [0.3, 0.4) is 0 Å². The smallest absolute Gasteiger partial charge is 0.146 e. The molecule has 1 aromatic carbocycles. The zero-order valence-electron chi connectivity index (χ0n) is 13.0. The van der Waals surface area contributed by atoms with Crippen molar-refractivity contribution in [2.45, 2.75) is 39.4 Å². The summed E-state index contributed by atoms with van der Waals surface area (Å²) in [7, 11) is 1.88. The summed E-state index contributed by atoms with van der Waals surface area (Å²) in [6.07, 6.45) is 0. The Morgan fingerprint density at radius 2 is 2.10 bits per heavy atom. The molecule has 2 aromatic rings. The summed E-state index contributed by atoms with van der Waals surface area (Å²) in [6.45, 7) is 7.56. The van der Waals surface area contributed by atoms with Crippen LogP contribution in [0.25, 0.3) is 0 Å². The quantitative estimate of drug-likeness (QED) is 0.910. The standard InChI is InChI=1S/C16H22FN3S/c1-16(2,3)19-8-12-5-6-15(14(17)7-12)20(4)9-13-10-21-11-18-13/h5-7,10-11,19H,8-9H2,1-4H3. The zero-order valence-corrected chi connectivity index (χ0v) is 13.8. The number of rotatable bonds is 5. The molecule has 0 saturated carbocycles. The first-order valence-electron chi connectivity index (χ1n) is 6.97. The molecule has 0 saturated heterocycles. The van der Waals surface area contributed by atoms with Gasteiger partial charge in [-0.1, -0.05) is 6.07 Å². The SMILES string of the molecule is CN(Cc1cscn1)c1ccc(CNC(C)(C)C)cc1F. The lowest BCUT2D eigenvalue weighted by molar-refractivity contribution is 0.423. The van der Waals surface area contributed by atoms with Crippen molar-refractivity contribution in [2.24, 2.45) is 0 Å². The van der Waals surface area contributed by atoms with E-state index in [9.17, 15) is 4.39 Å². The third-order valence-electron chi connectivity index (χ3n) is 3.13. The van der Waals surface area contributed by atoms with E-state index >= 15 is 0 Å². The molecule has 0 aliphatic rings. The second kappa shape index (κ2) is 6.54. The van der Waals surface area contributed by atoms with Crippen LogP contribution < -0.4 is 10.2 Å². The van der Waals surface area contributed by atoms with E-state index in [-0.39, 0.29) is 11.4 Å². The van der Waals surface area contributed by atoms with E-state index in [0.29, 0.717) is 18.8 Å². The highest BCUT2D eigenvalue weighted by Crippen LogP contribution is 2.21. The van der Waals surface area contributed by atoms with Gasteiger partial charge >= 0.3 is 0 Å². The predicted molar refractivity (Wildman–Crippen MR) is 87.2 cm³/mol. The molecule has 0 aliphatic carbocycles. The molecular formula is C16H22FN3S. The molecule has 0 aliphatic heterocycles. The molecule has 1 aromatic heterocycles. The predicted octanol–water partition coefficient (Wildman–Crippen LogP) is 3.81. The third kappa shape index (κ3) is 4.79. The molecule has 0 unspecified atom stereocenters. The Bertz CT molecular complexity index is 576. The van der Waals surface area contributed by atoms with Crippen LogP contribution >= 0.6 is 11.3 Å². The number of hydrogen-bond donors (Lipinski definition) is 1. The minimum absolute atomic E-state index is 0.0244. The first-order valence-corrected chi connectivity index (χ1v) is 7.91. The van der Waals surface area contributed by atoms with Crippen molar-refractivity contribution in [3.05, 3.63) is 46.2 Å². The van der Waals surface area contributed by atoms with Crippen molar-refractivity contribution in [1.29, 1.82) is 0 Å². The maximum absolute atomic E-state index is 14.3. The van der Waals surface area contributed by atoms with Gasteiger partial charge in [0.05, 0.1) is 23.4 Å². The molecule has 5 heteroatoms. The highest BCUT2D eigenvalue weighted by atomic mass is 32.1. The van der Waals surface area contributed by atoms with Crippen molar-refractivity contribution in [2.75, 3.05) is 11.9 Å². The Morgan fingerprint density at radius 3 is 2.67 bits per heavy atom. The molecule has 0 amide bonds. The van der Waals surface area contributed by atoms with E-state index < -0.39 is 0 Å². The highest BCUT2D eigenvalue weighted by molar-refractivity contribution is 7.07. The summed E-state index contributed by atoms with van der Waals surface area (Å²) in [5.41, 5.74) is 4.33. The molecular weight excluding hydrogens is 285 g/mol. The highest BCUT2D eigenvalue weighted by Gasteiger charge is 2.12. The summed E-state index contributed by atoms with van der Waals surface area (Å²) < 4.78 is 14.3. The third-order valence-corrected chi connectivity index (χ3v) is 3.76. The number of anilines is 1. The van der Waals surface area contributed by atoms with Crippen molar-refractivity contribution >= 4 is 17.0 Å². The van der Waals surface area contributed by atoms with Crippen molar-refractivity contribution in [1.82, 2.24) is 10.3 Å². The second-order valence-corrected chi connectivity index (χ2v) is 6.94. The van der Waals surface area contributed by atoms with Crippen LogP contribution in [0, 0.1) is 5.82 Å². The van der Waals surface area contributed by atoms with Gasteiger partial charge in [-0.2, -0.15) is 0 Å². The van der Waals surface area contributed by atoms with Gasteiger partial charge in [0.2, 0.25) is 0 Å². The molecule has 1 N–H and O–H groups in total. The number of aromatic nitrogens is 1. The minimum Gasteiger partial charge on any atom is -0.366 e. The van der Waals surface area contributed by atoms with Crippen LogP contribution in [0.15, 0.2) is 29.1 Å². The van der Waals surface area contributed by atoms with Crippen molar-refractivity contribution < 1.29 is 4.39 Å². The van der Waals surface area contributed by atoms with Crippen LogP contribution in [0.1, 0.15) is 32.0 Å². The summed E-state index contributed by atoms with van der Waals surface area (Å²) >= 11 is 1.55. The van der Waals surface area contributed by atoms with Crippen LogP contribution in [0.2, 0.25) is 0 Å². The van der Waals surface area contributed by atoms with Gasteiger partial charge in [0.1, 0.15) is 5.82 Å². The van der Waals surface area contributed by atoms with Gasteiger partial charge in [0.25, 0.3) is 0 Å². The molecule has 0 spiro atoms. The molecule has 114 valence electrons. The van der Waals surface area contributed by atoms with Crippen LogP contribution in [0.5, 0.6) is 0 Å². The molecule has 0 bridgehead atoms. The summed E-state index contributed by atoms with van der Waals surface area (Å²) in [6, 6.07) is 5.40. The van der Waals surface area contributed by atoms with Gasteiger partial charge in [-0.25, -0.2) is 9.37 Å². The topological polar surface area (TPSA) is 28.2 Å². The Morgan fingerprint density at radius 1 is 1.33 bits per heavy atom. The summed E-state index contributed by atoms with van der Waals surface area (Å²) in [5.74, 6) is -0.194. The lowest BCUT2D eigenvalue weighted by Gasteiger charge is -2.22. The number of halogens is 1. The van der Waals surface area contributed by atoms with Crippen LogP contribution in [0.4, 0.5) is 10.1 Å². The second-order valence-electron chi connectivity index (χ2n) is 6.23. The fraction of sp³-hybridized carbons (Fsp3) is 0.438. The largest absolute Gasteiger partial charge is 0.366 e. The van der Waals surface area contributed by atoms with Crippen LogP contribution in [-0.2, 0) is 13.1 Å². The van der Waals surface area contributed by atoms with E-state index in [4.69, 9.17) is 0 Å². The normalized spacial score (nSPS) is 11.7. The number of nitrogens with one attached hydrogen (secondary N) is 1. The molecule has 0 fully saturated rings. The average Bonchev–Trinajstić information content (AvgIpc) is 2.88. The fourth-order valence-electron chi connectivity index (χ4n) is 1.98. The number of thiazole rings is 1. The van der Waals surface area contributed by atoms with Gasteiger partial charge in [-0.15, -0.1) is 11.3 Å². The number of hydrogen-bond acceptors (Lipinski definition) is 4. The maximum atomic E-state index is 14.3. The Kier molecular flexibility index (Phi) is 4.96. The van der Waals surface area contributed by atoms with Gasteiger partial charge < -0.3 is 10.2 Å². The Labute approximate surface area is 129 Å². The van der Waals surface area contributed by atoms with Gasteiger partial charge in [-0.3, -0.25) is 0 Å². The number of nitrogens with zero attached hydrogens (tertiary/aromatic N) is 2. The minimum atomic E-state index is -0.194. The van der Waals surface area contributed by atoms with Gasteiger partial charge in [0.15, 0.2) is 0 Å². The first kappa shape index (κ1) is 15.9. The molecule has 0 radical (unpaired) electrons. The molecule has 0 atom stereocenters. The molecule has 21 heavy (non-hydrogen) atoms. The average molecular weight is 307 g/mol. The van der Waals surface area contributed by atoms with Gasteiger partial charge in [0, 0.05) is 24.5 Å². The maximum Gasteiger partial charge on any atom is 0.146 e. The van der Waals surface area contributed by atoms with E-state index in [1.807, 2.05) is 29.5 Å². The monoisotopic (exact) mass is 307 g/mol. The molecule has 3 nitrogen and oxygen atoms in total. The lowest BCUT2D eigenvalue weighted by Crippen LogP contribution is -2.35. The first-order chi connectivity index (χ1) is 9.85. The van der Waals surface area contributed by atoms with Crippen LogP contribution in [-0.4, -0.2) is 17.6 Å². The van der Waals surface area contributed by atoms with E-state index in [2.05, 4.69) is 31.1 Å². The zero-order chi connectivity index (χ0) is 15.5. The van der Waals surface area contributed by atoms with E-state index in [0.717, 1.165) is 11.3 Å². The lowest BCUT2D eigenvalue weighted by atomic mass is 10.1. The number of benzene rings is 1. The fourth-order valence-corrected chi connectivity index (χ4v) is 2.53. The summed E-state index contributed by atoms with van der Waals surface area (Å²) in [4.78, 5) is 6.11. The van der Waals surface area contributed by atoms with E-state index in [1.54, 1.807) is 22.9 Å². The van der Waals surface area contributed by atoms with Crippen molar-refractivity contribution in [3.8, 4) is 0 Å². The van der Waals surface area contributed by atoms with Crippen molar-refractivity contribution in [3.63, 3.8) is 0 Å². The van der Waals surface area contributed by atoms with E-state index in [1.165, 1.54) is 0 Å².